The van der Waals surface area contributed by atoms with Crippen molar-refractivity contribution in [3.8, 4) is 22.8 Å². The molecule has 1 aliphatic rings. The summed E-state index contributed by atoms with van der Waals surface area (Å²) in [5.74, 6) is 1.53. The standard InChI is InChI=1S/C30H35FN2O2.C5H13NO.C3H6.C2H6/c1-4-6-7-17-34-28-13-10-23(19-21(28)3)27(5-2)32-16-14-26-20-24-15-18-35-30(24)29(33-26)22-8-11-25(31)12-9-22;1-3-4-5(7)6-2;1-3-2;1-2/h5,8-13,19-20,32H,4,6-7,14-18H2,1-3H3;5-7H,3-4H2,1-2H3;3H,1H2,2H3;1-2H3. The van der Waals surface area contributed by atoms with Gasteiger partial charge in [0.05, 0.1) is 13.2 Å². The largest absolute Gasteiger partial charge is 0.493 e. The topological polar surface area (TPSA) is 75.6 Å². The lowest BCUT2D eigenvalue weighted by atomic mass is 10.0. The van der Waals surface area contributed by atoms with Crippen molar-refractivity contribution < 1.29 is 19.0 Å². The van der Waals surface area contributed by atoms with E-state index in [1.54, 1.807) is 25.3 Å². The Bertz CT molecular complexity index is 1330. The molecule has 6 nitrogen and oxygen atoms in total. The van der Waals surface area contributed by atoms with Gasteiger partial charge >= 0.3 is 0 Å². The molecule has 1 aromatic heterocycles. The first-order valence-corrected chi connectivity index (χ1v) is 17.3. The summed E-state index contributed by atoms with van der Waals surface area (Å²) in [6, 6.07) is 15.0. The Balaban J connectivity index is 0.000000795. The molecule has 3 aromatic rings. The van der Waals surface area contributed by atoms with Gasteiger partial charge in [-0.25, -0.2) is 9.37 Å². The maximum atomic E-state index is 13.4. The summed E-state index contributed by atoms with van der Waals surface area (Å²) in [5.41, 5.74) is 7.23. The van der Waals surface area contributed by atoms with Gasteiger partial charge in [0.15, 0.2) is 0 Å². The van der Waals surface area contributed by atoms with Gasteiger partial charge in [0, 0.05) is 41.9 Å². The van der Waals surface area contributed by atoms with Crippen molar-refractivity contribution in [3.63, 3.8) is 0 Å². The predicted molar refractivity (Wildman–Crippen MR) is 198 cm³/mol. The fourth-order valence-electron chi connectivity index (χ4n) is 4.81. The Morgan fingerprint density at radius 2 is 1.79 bits per heavy atom. The lowest BCUT2D eigenvalue weighted by Crippen LogP contribution is -2.23. The van der Waals surface area contributed by atoms with Gasteiger partial charge in [-0.1, -0.05) is 59.1 Å². The third-order valence-electron chi connectivity index (χ3n) is 7.21. The number of aliphatic hydroxyl groups excluding tert-OH is 1. The van der Waals surface area contributed by atoms with Crippen LogP contribution >= 0.6 is 0 Å². The van der Waals surface area contributed by atoms with Crippen LogP contribution < -0.4 is 20.1 Å². The molecule has 0 amide bonds. The van der Waals surface area contributed by atoms with Crippen molar-refractivity contribution in [2.75, 3.05) is 26.8 Å². The summed E-state index contributed by atoms with van der Waals surface area (Å²) >= 11 is 0. The van der Waals surface area contributed by atoms with Gasteiger partial charge in [0.2, 0.25) is 0 Å². The number of nitrogens with zero attached hydrogens (tertiary/aromatic N) is 1. The number of pyridine rings is 1. The number of rotatable bonds is 14. The van der Waals surface area contributed by atoms with E-state index in [4.69, 9.17) is 19.6 Å². The highest BCUT2D eigenvalue weighted by Crippen LogP contribution is 2.36. The molecule has 3 N–H and O–H groups in total. The Kier molecular flexibility index (Phi) is 21.5. The van der Waals surface area contributed by atoms with Crippen LogP contribution in [0.1, 0.15) is 96.0 Å². The molecule has 0 radical (unpaired) electrons. The molecule has 2 aromatic carbocycles. The molecular weight excluding hydrogens is 589 g/mol. The van der Waals surface area contributed by atoms with E-state index < -0.39 is 0 Å². The molecule has 0 fully saturated rings. The zero-order valence-electron chi connectivity index (χ0n) is 30.2. The van der Waals surface area contributed by atoms with Crippen LogP contribution in [0.25, 0.3) is 17.0 Å². The van der Waals surface area contributed by atoms with Crippen LogP contribution in [0.3, 0.4) is 0 Å². The van der Waals surface area contributed by atoms with Gasteiger partial charge in [0.25, 0.3) is 0 Å². The van der Waals surface area contributed by atoms with Gasteiger partial charge in [-0.2, -0.15) is 0 Å². The van der Waals surface area contributed by atoms with Gasteiger partial charge < -0.3 is 19.9 Å². The first-order valence-electron chi connectivity index (χ1n) is 17.3. The van der Waals surface area contributed by atoms with Crippen LogP contribution in [0.4, 0.5) is 4.39 Å². The van der Waals surface area contributed by atoms with Gasteiger partial charge in [-0.15, -0.1) is 6.58 Å². The summed E-state index contributed by atoms with van der Waals surface area (Å²) in [6.45, 7) is 19.8. The number of fused-ring (bicyclic) bond motifs is 1. The molecule has 4 rings (SSSR count). The minimum atomic E-state index is -0.301. The van der Waals surface area contributed by atoms with Gasteiger partial charge in [-0.05, 0) is 100 Å². The Morgan fingerprint density at radius 1 is 1.09 bits per heavy atom. The van der Waals surface area contributed by atoms with Crippen molar-refractivity contribution in [3.05, 3.63) is 95.5 Å². The lowest BCUT2D eigenvalue weighted by Gasteiger charge is -2.15. The number of hydrogen-bond donors (Lipinski definition) is 3. The Morgan fingerprint density at radius 3 is 2.36 bits per heavy atom. The van der Waals surface area contributed by atoms with Crippen molar-refractivity contribution in [1.29, 1.82) is 0 Å². The predicted octanol–water partition coefficient (Wildman–Crippen LogP) is 9.44. The molecule has 0 saturated carbocycles. The number of hydrogen-bond acceptors (Lipinski definition) is 6. The van der Waals surface area contributed by atoms with Crippen LogP contribution in [0.2, 0.25) is 0 Å². The van der Waals surface area contributed by atoms with E-state index in [2.05, 4.69) is 61.4 Å². The second kappa shape index (κ2) is 24.5. The minimum absolute atomic E-state index is 0.253. The van der Waals surface area contributed by atoms with Crippen LogP contribution in [0.5, 0.6) is 11.5 Å². The molecule has 1 atom stereocenters. The average Bonchev–Trinajstić information content (AvgIpc) is 3.56. The molecule has 1 aliphatic heterocycles. The van der Waals surface area contributed by atoms with E-state index in [1.807, 2.05) is 34.6 Å². The van der Waals surface area contributed by atoms with Crippen molar-refractivity contribution in [2.45, 2.75) is 99.6 Å². The number of benzene rings is 2. The molecule has 0 spiro atoms. The SMILES string of the molecule is C=CC.CC.CC=C(NCCc1cc2c(c(-c3ccc(F)cc3)n1)OCC2)c1ccc(OCCCCC)c(C)c1.CCCC(O)NC. The fourth-order valence-corrected chi connectivity index (χ4v) is 4.81. The maximum absolute atomic E-state index is 13.4. The third kappa shape index (κ3) is 14.7. The maximum Gasteiger partial charge on any atom is 0.148 e. The number of allylic oxidation sites excluding steroid dienone is 2. The molecule has 0 bridgehead atoms. The first-order chi connectivity index (χ1) is 22.8. The average molecular weight is 650 g/mol. The Hall–Kier alpha value is -3.68. The van der Waals surface area contributed by atoms with Crippen LogP contribution in [0, 0.1) is 12.7 Å². The summed E-state index contributed by atoms with van der Waals surface area (Å²) in [7, 11) is 1.75. The molecule has 1 unspecified atom stereocenters. The fraction of sp³-hybridized carbons (Fsp3) is 0.475. The highest BCUT2D eigenvalue weighted by Gasteiger charge is 2.20. The second-order valence-electron chi connectivity index (χ2n) is 11.0. The van der Waals surface area contributed by atoms with E-state index in [-0.39, 0.29) is 12.0 Å². The number of nitrogens with one attached hydrogen (secondary N) is 2. The number of aromatic nitrogens is 1. The summed E-state index contributed by atoms with van der Waals surface area (Å²) in [6.07, 6.45) is 10.6. The molecule has 2 heterocycles. The highest BCUT2D eigenvalue weighted by molar-refractivity contribution is 5.69. The normalized spacial score (nSPS) is 12.1. The zero-order chi connectivity index (χ0) is 35.0. The monoisotopic (exact) mass is 649 g/mol. The zero-order valence-corrected chi connectivity index (χ0v) is 30.2. The number of halogens is 1. The molecular formula is C40H60FN3O3. The molecule has 47 heavy (non-hydrogen) atoms. The molecule has 0 saturated heterocycles. The summed E-state index contributed by atoms with van der Waals surface area (Å²) < 4.78 is 25.2. The van der Waals surface area contributed by atoms with Crippen LogP contribution in [-0.2, 0) is 12.8 Å². The van der Waals surface area contributed by atoms with Gasteiger partial charge in [0.1, 0.15) is 29.2 Å². The van der Waals surface area contributed by atoms with Gasteiger partial charge in [-0.3, -0.25) is 5.32 Å². The number of unbranched alkanes of at least 4 members (excludes halogenated alkanes) is 2. The molecule has 260 valence electrons. The summed E-state index contributed by atoms with van der Waals surface area (Å²) in [5, 5.41) is 15.0. The lowest BCUT2D eigenvalue weighted by molar-refractivity contribution is 0.136. The van der Waals surface area contributed by atoms with E-state index in [0.29, 0.717) is 6.61 Å². The van der Waals surface area contributed by atoms with E-state index >= 15 is 0 Å². The van der Waals surface area contributed by atoms with E-state index in [1.165, 1.54) is 30.5 Å². The number of aryl methyl sites for hydroxylation is 1. The van der Waals surface area contributed by atoms with E-state index in [0.717, 1.165) is 90.5 Å². The van der Waals surface area contributed by atoms with E-state index in [9.17, 15) is 4.39 Å². The molecule has 0 aliphatic carbocycles. The van der Waals surface area contributed by atoms with Crippen LogP contribution in [0.15, 0.2) is 67.3 Å². The number of aliphatic hydroxyl groups is 1. The van der Waals surface area contributed by atoms with Crippen molar-refractivity contribution >= 4 is 5.70 Å². The highest BCUT2D eigenvalue weighted by atomic mass is 19.1. The smallest absolute Gasteiger partial charge is 0.148 e. The first kappa shape index (κ1) is 41.3. The minimum Gasteiger partial charge on any atom is -0.493 e. The summed E-state index contributed by atoms with van der Waals surface area (Å²) in [4.78, 5) is 4.88. The van der Waals surface area contributed by atoms with Crippen molar-refractivity contribution in [2.24, 2.45) is 0 Å². The second-order valence-corrected chi connectivity index (χ2v) is 11.0. The van der Waals surface area contributed by atoms with Crippen molar-refractivity contribution in [1.82, 2.24) is 15.6 Å². The molecule has 7 heteroatoms. The Labute approximate surface area is 284 Å². The quantitative estimate of drug-likeness (QED) is 0.0918. The third-order valence-corrected chi connectivity index (χ3v) is 7.21. The number of ether oxygens (including phenoxy) is 2. The van der Waals surface area contributed by atoms with Crippen LogP contribution in [-0.4, -0.2) is 43.1 Å².